The number of carbonyl (C=O) groups excluding carboxylic acids is 1. The van der Waals surface area contributed by atoms with Gasteiger partial charge in [-0.25, -0.2) is 8.42 Å². The van der Waals surface area contributed by atoms with E-state index < -0.39 is 34.2 Å². The van der Waals surface area contributed by atoms with Crippen molar-refractivity contribution in [1.29, 1.82) is 0 Å². The number of sulfonamides is 1. The van der Waals surface area contributed by atoms with E-state index in [1.54, 1.807) is 6.07 Å². The molecule has 1 aliphatic rings. The van der Waals surface area contributed by atoms with Crippen molar-refractivity contribution in [3.05, 3.63) is 23.8 Å². The number of ether oxygens (including phenoxy) is 1. The van der Waals surface area contributed by atoms with Gasteiger partial charge in [-0.05, 0) is 25.5 Å². The highest BCUT2D eigenvalue weighted by Crippen LogP contribution is 2.39. The first-order valence-corrected chi connectivity index (χ1v) is 8.34. The molecule has 8 heteroatoms. The lowest BCUT2D eigenvalue weighted by Crippen LogP contribution is -2.47. The Hall–Kier alpha value is -1.64. The van der Waals surface area contributed by atoms with E-state index in [-0.39, 0.29) is 4.90 Å². The molecule has 0 bridgehead atoms. The molecule has 1 aliphatic heterocycles. The molecule has 3 N–H and O–H groups in total. The van der Waals surface area contributed by atoms with Crippen molar-refractivity contribution in [2.45, 2.75) is 36.8 Å². The second-order valence-corrected chi connectivity index (χ2v) is 7.44. The van der Waals surface area contributed by atoms with Crippen LogP contribution in [0.15, 0.2) is 23.1 Å². The Morgan fingerprint density at radius 2 is 2.14 bits per heavy atom. The Bertz CT molecular complexity index is 684. The molecule has 0 aliphatic carbocycles. The van der Waals surface area contributed by atoms with E-state index in [4.69, 9.17) is 4.74 Å². The van der Waals surface area contributed by atoms with Gasteiger partial charge >= 0.3 is 0 Å². The molecule has 22 heavy (non-hydrogen) atoms. The molecule has 0 fully saturated rings. The molecule has 1 aromatic rings. The summed E-state index contributed by atoms with van der Waals surface area (Å²) in [6.45, 7) is 3.11. The molecular formula is C14H20N2O5S. The predicted octanol–water partition coefficient (Wildman–Crippen LogP) is -0.215. The third kappa shape index (κ3) is 3.23. The number of hydrogen-bond acceptors (Lipinski definition) is 5. The Kier molecular flexibility index (Phi) is 4.46. The summed E-state index contributed by atoms with van der Waals surface area (Å²) in [5, 5.41) is 11.5. The highest BCUT2D eigenvalue weighted by molar-refractivity contribution is 7.89. The summed E-state index contributed by atoms with van der Waals surface area (Å²) >= 11 is 0. The Morgan fingerprint density at radius 1 is 1.45 bits per heavy atom. The molecule has 0 radical (unpaired) electrons. The summed E-state index contributed by atoms with van der Waals surface area (Å²) in [7, 11) is -2.63. The van der Waals surface area contributed by atoms with Crippen molar-refractivity contribution in [1.82, 2.24) is 10.0 Å². The third-order valence-corrected chi connectivity index (χ3v) is 4.88. The van der Waals surface area contributed by atoms with Crippen LogP contribution in [0, 0.1) is 0 Å². The summed E-state index contributed by atoms with van der Waals surface area (Å²) in [5.41, 5.74) is 0.318. The van der Waals surface area contributed by atoms with Crippen molar-refractivity contribution >= 4 is 15.9 Å². The number of nitrogens with one attached hydrogen (secondary N) is 2. The zero-order chi connectivity index (χ0) is 16.5. The maximum Gasteiger partial charge on any atom is 0.245 e. The van der Waals surface area contributed by atoms with Crippen LogP contribution in [-0.2, 0) is 21.2 Å². The fraction of sp³-hybridized carbons (Fsp3) is 0.500. The van der Waals surface area contributed by atoms with Gasteiger partial charge in [-0.3, -0.25) is 4.79 Å². The number of benzene rings is 1. The maximum atomic E-state index is 12.5. The van der Waals surface area contributed by atoms with E-state index in [2.05, 4.69) is 10.0 Å². The molecule has 7 nitrogen and oxygen atoms in total. The van der Waals surface area contributed by atoms with Crippen LogP contribution in [-0.4, -0.2) is 44.7 Å². The van der Waals surface area contributed by atoms with Crippen LogP contribution in [0.5, 0.6) is 5.75 Å². The van der Waals surface area contributed by atoms with Crippen molar-refractivity contribution in [2.24, 2.45) is 0 Å². The number of carbonyl (C=O) groups is 1. The molecule has 0 saturated carbocycles. The largest absolute Gasteiger partial charge is 0.486 e. The lowest BCUT2D eigenvalue weighted by Gasteiger charge is -2.19. The smallest absolute Gasteiger partial charge is 0.245 e. The number of aliphatic hydroxyl groups excluding tert-OH is 1. The zero-order valence-electron chi connectivity index (χ0n) is 12.7. The fourth-order valence-electron chi connectivity index (χ4n) is 2.40. The van der Waals surface area contributed by atoms with Crippen LogP contribution in [0.3, 0.4) is 0 Å². The summed E-state index contributed by atoms with van der Waals surface area (Å²) in [5.74, 6) is -0.312. The lowest BCUT2D eigenvalue weighted by atomic mass is 10.0. The topological polar surface area (TPSA) is 105 Å². The number of hydrogen-bond donors (Lipinski definition) is 3. The van der Waals surface area contributed by atoms with Gasteiger partial charge in [0.05, 0.1) is 6.61 Å². The molecule has 1 aromatic carbocycles. The maximum absolute atomic E-state index is 12.5. The molecule has 1 amide bonds. The molecule has 122 valence electrons. The SMILES string of the molecule is CNC(=O)[C@H](CO)NS(=O)(=O)c1cccc2c1OC(C)(C)C2. The summed E-state index contributed by atoms with van der Waals surface area (Å²) in [4.78, 5) is 11.5. The molecule has 0 aromatic heterocycles. The first-order chi connectivity index (χ1) is 10.2. The van der Waals surface area contributed by atoms with Gasteiger partial charge in [0.15, 0.2) is 0 Å². The molecule has 1 heterocycles. The van der Waals surface area contributed by atoms with Crippen LogP contribution in [0.4, 0.5) is 0 Å². The van der Waals surface area contributed by atoms with Crippen LogP contribution in [0.1, 0.15) is 19.4 Å². The molecule has 0 unspecified atom stereocenters. The van der Waals surface area contributed by atoms with E-state index >= 15 is 0 Å². The molecular weight excluding hydrogens is 308 g/mol. The monoisotopic (exact) mass is 328 g/mol. The molecule has 0 spiro atoms. The Balaban J connectivity index is 2.36. The predicted molar refractivity (Wildman–Crippen MR) is 80.1 cm³/mol. The summed E-state index contributed by atoms with van der Waals surface area (Å²) < 4.78 is 32.9. The summed E-state index contributed by atoms with van der Waals surface area (Å²) in [6, 6.07) is 3.61. The van der Waals surface area contributed by atoms with E-state index in [1.165, 1.54) is 13.1 Å². The van der Waals surface area contributed by atoms with Gasteiger partial charge in [0, 0.05) is 13.5 Å². The average Bonchev–Trinajstić information content (AvgIpc) is 2.77. The first-order valence-electron chi connectivity index (χ1n) is 6.86. The highest BCUT2D eigenvalue weighted by Gasteiger charge is 2.36. The van der Waals surface area contributed by atoms with Crippen molar-refractivity contribution in [3.63, 3.8) is 0 Å². The van der Waals surface area contributed by atoms with Gasteiger partial charge in [-0.2, -0.15) is 4.72 Å². The van der Waals surface area contributed by atoms with E-state index in [9.17, 15) is 18.3 Å². The van der Waals surface area contributed by atoms with Crippen molar-refractivity contribution in [2.75, 3.05) is 13.7 Å². The van der Waals surface area contributed by atoms with Gasteiger partial charge < -0.3 is 15.2 Å². The second-order valence-electron chi connectivity index (χ2n) is 5.75. The number of aliphatic hydroxyl groups is 1. The minimum Gasteiger partial charge on any atom is -0.486 e. The average molecular weight is 328 g/mol. The molecule has 1 atom stereocenters. The van der Waals surface area contributed by atoms with Crippen LogP contribution in [0.25, 0.3) is 0 Å². The van der Waals surface area contributed by atoms with Crippen molar-refractivity contribution < 1.29 is 23.1 Å². The number of amides is 1. The minimum absolute atomic E-state index is 0.0297. The fourth-order valence-corrected chi connectivity index (χ4v) is 3.76. The molecule has 2 rings (SSSR count). The van der Waals surface area contributed by atoms with Crippen molar-refractivity contribution in [3.8, 4) is 5.75 Å². The number of likely N-dealkylation sites (N-methyl/N-ethyl adjacent to an activating group) is 1. The van der Waals surface area contributed by atoms with E-state index in [1.807, 2.05) is 19.9 Å². The van der Waals surface area contributed by atoms with Gasteiger partial charge in [0.1, 0.15) is 22.3 Å². The third-order valence-electron chi connectivity index (χ3n) is 3.39. The minimum atomic E-state index is -4.00. The quantitative estimate of drug-likeness (QED) is 0.693. The first kappa shape index (κ1) is 16.7. The zero-order valence-corrected chi connectivity index (χ0v) is 13.5. The lowest BCUT2D eigenvalue weighted by molar-refractivity contribution is -0.123. The Morgan fingerprint density at radius 3 is 2.73 bits per heavy atom. The van der Waals surface area contributed by atoms with Crippen LogP contribution in [0.2, 0.25) is 0 Å². The molecule has 0 saturated heterocycles. The number of para-hydroxylation sites is 1. The van der Waals surface area contributed by atoms with Gasteiger partial charge in [-0.15, -0.1) is 0 Å². The highest BCUT2D eigenvalue weighted by atomic mass is 32.2. The van der Waals surface area contributed by atoms with Gasteiger partial charge in [0.25, 0.3) is 0 Å². The van der Waals surface area contributed by atoms with Crippen LogP contribution < -0.4 is 14.8 Å². The Labute approximate surface area is 129 Å². The second kappa shape index (κ2) is 5.86. The number of rotatable bonds is 5. The number of fused-ring (bicyclic) bond motifs is 1. The van der Waals surface area contributed by atoms with Gasteiger partial charge in [0.2, 0.25) is 15.9 Å². The van der Waals surface area contributed by atoms with Gasteiger partial charge in [-0.1, -0.05) is 12.1 Å². The summed E-state index contributed by atoms with van der Waals surface area (Å²) in [6.07, 6.45) is 0.602. The van der Waals surface area contributed by atoms with Crippen LogP contribution >= 0.6 is 0 Å². The van der Waals surface area contributed by atoms with E-state index in [0.29, 0.717) is 12.2 Å². The standard InChI is InChI=1S/C14H20N2O5S/c1-14(2)7-9-5-4-6-11(12(9)21-14)22(19,20)16-10(8-17)13(18)15-3/h4-6,10,16-17H,7-8H2,1-3H3,(H,15,18)/t10-/m0/s1. The van der Waals surface area contributed by atoms with E-state index in [0.717, 1.165) is 5.56 Å². The normalized spacial score (nSPS) is 17.5.